The number of benzene rings is 1. The third kappa shape index (κ3) is 3.29. The Morgan fingerprint density at radius 2 is 1.76 bits per heavy atom. The van der Waals surface area contributed by atoms with Gasteiger partial charge in [-0.15, -0.1) is 0 Å². The average Bonchev–Trinajstić information content (AvgIpc) is 2.46. The Balaban J connectivity index is 1.56. The Hall–Kier alpha value is -1.35. The molecule has 1 amide bonds. The normalized spacial score (nSPS) is 28.2. The molecule has 1 aromatic rings. The van der Waals surface area contributed by atoms with Gasteiger partial charge in [0, 0.05) is 29.3 Å². The fourth-order valence-corrected chi connectivity index (χ4v) is 3.76. The summed E-state index contributed by atoms with van der Waals surface area (Å²) in [6.45, 7) is 0.524. The van der Waals surface area contributed by atoms with E-state index in [1.54, 1.807) is 0 Å². The lowest BCUT2D eigenvalue weighted by Gasteiger charge is -2.36. The van der Waals surface area contributed by atoms with E-state index >= 15 is 0 Å². The molecule has 0 radical (unpaired) electrons. The first-order valence-electron chi connectivity index (χ1n) is 7.69. The summed E-state index contributed by atoms with van der Waals surface area (Å²) in [6, 6.07) is 7.49. The summed E-state index contributed by atoms with van der Waals surface area (Å²) in [6.07, 6.45) is 4.55. The van der Waals surface area contributed by atoms with Gasteiger partial charge < -0.3 is 5.32 Å². The highest BCUT2D eigenvalue weighted by Gasteiger charge is 2.41. The molecule has 0 spiro atoms. The molecular weight excluding hydrogens is 286 g/mol. The molecule has 2 saturated carbocycles. The van der Waals surface area contributed by atoms with Crippen molar-refractivity contribution in [1.82, 2.24) is 5.32 Å². The van der Waals surface area contributed by atoms with Crippen LogP contribution in [0.4, 0.5) is 0 Å². The van der Waals surface area contributed by atoms with Crippen LogP contribution in [-0.4, -0.2) is 11.7 Å². The van der Waals surface area contributed by atoms with Gasteiger partial charge >= 0.3 is 0 Å². The van der Waals surface area contributed by atoms with Crippen LogP contribution in [0.3, 0.4) is 0 Å². The molecule has 0 aromatic heterocycles. The first-order chi connectivity index (χ1) is 10.1. The molecule has 0 saturated heterocycles. The summed E-state index contributed by atoms with van der Waals surface area (Å²) >= 11 is 5.84. The smallest absolute Gasteiger partial charge is 0.223 e. The van der Waals surface area contributed by atoms with Crippen LogP contribution in [0.15, 0.2) is 24.3 Å². The molecule has 1 aromatic carbocycles. The van der Waals surface area contributed by atoms with Crippen molar-refractivity contribution in [2.24, 2.45) is 17.8 Å². The van der Waals surface area contributed by atoms with E-state index in [1.807, 2.05) is 24.3 Å². The first-order valence-corrected chi connectivity index (χ1v) is 8.07. The van der Waals surface area contributed by atoms with Crippen molar-refractivity contribution in [2.45, 2.75) is 38.6 Å². The first kappa shape index (κ1) is 14.6. The van der Waals surface area contributed by atoms with Gasteiger partial charge in [0.05, 0.1) is 0 Å². The fraction of sp³-hybridized carbons (Fsp3) is 0.529. The zero-order chi connectivity index (χ0) is 14.8. The van der Waals surface area contributed by atoms with Crippen molar-refractivity contribution < 1.29 is 9.59 Å². The highest BCUT2D eigenvalue weighted by atomic mass is 35.5. The third-order valence-corrected chi connectivity index (χ3v) is 5.05. The summed E-state index contributed by atoms with van der Waals surface area (Å²) < 4.78 is 0. The van der Waals surface area contributed by atoms with Crippen LogP contribution < -0.4 is 5.32 Å². The molecule has 0 aliphatic heterocycles. The molecule has 3 nitrogen and oxygen atoms in total. The predicted octanol–water partition coefficient (Wildman–Crippen LogP) is 3.35. The van der Waals surface area contributed by atoms with Crippen LogP contribution >= 0.6 is 11.6 Å². The van der Waals surface area contributed by atoms with Crippen LogP contribution in [0.25, 0.3) is 0 Å². The van der Waals surface area contributed by atoms with E-state index in [0.717, 1.165) is 37.7 Å². The SMILES string of the molecule is O=C(NCc1ccc(Cl)cc1)C1CC2CCCC(C1)C2=O. The van der Waals surface area contributed by atoms with Gasteiger partial charge in [0.15, 0.2) is 0 Å². The number of Topliss-reactive ketones (excluding diaryl/α,β-unsaturated/α-hetero) is 1. The maximum atomic E-state index is 12.3. The lowest BCUT2D eigenvalue weighted by Crippen LogP contribution is -2.42. The van der Waals surface area contributed by atoms with E-state index in [2.05, 4.69) is 5.32 Å². The molecular formula is C17H20ClNO2. The number of carbonyl (C=O) groups is 2. The molecule has 112 valence electrons. The Morgan fingerprint density at radius 3 is 2.38 bits per heavy atom. The molecule has 1 N–H and O–H groups in total. The summed E-state index contributed by atoms with van der Waals surface area (Å²) in [5.41, 5.74) is 1.04. The molecule has 21 heavy (non-hydrogen) atoms. The number of hydrogen-bond donors (Lipinski definition) is 1. The Labute approximate surface area is 130 Å². The summed E-state index contributed by atoms with van der Waals surface area (Å²) in [5, 5.41) is 3.70. The summed E-state index contributed by atoms with van der Waals surface area (Å²) in [7, 11) is 0. The zero-order valence-corrected chi connectivity index (χ0v) is 12.7. The van der Waals surface area contributed by atoms with Crippen LogP contribution in [-0.2, 0) is 16.1 Å². The zero-order valence-electron chi connectivity index (χ0n) is 12.0. The van der Waals surface area contributed by atoms with Gasteiger partial charge in [-0.05, 0) is 43.4 Å². The molecule has 2 fully saturated rings. The number of hydrogen-bond acceptors (Lipinski definition) is 2. The van der Waals surface area contributed by atoms with Gasteiger partial charge in [-0.25, -0.2) is 0 Å². The van der Waals surface area contributed by atoms with Gasteiger partial charge in [0.2, 0.25) is 5.91 Å². The summed E-state index contributed by atoms with van der Waals surface area (Å²) in [5.74, 6) is 0.759. The van der Waals surface area contributed by atoms with Crippen molar-refractivity contribution in [3.63, 3.8) is 0 Å². The topological polar surface area (TPSA) is 46.2 Å². The number of carbonyl (C=O) groups excluding carboxylic acids is 2. The van der Waals surface area contributed by atoms with Crippen molar-refractivity contribution in [1.29, 1.82) is 0 Å². The second-order valence-corrected chi connectivity index (χ2v) is 6.68. The van der Waals surface area contributed by atoms with E-state index < -0.39 is 0 Å². The van der Waals surface area contributed by atoms with Crippen LogP contribution in [0.5, 0.6) is 0 Å². The minimum atomic E-state index is 0.00491. The van der Waals surface area contributed by atoms with Gasteiger partial charge in [0.1, 0.15) is 5.78 Å². The van der Waals surface area contributed by atoms with Gasteiger partial charge in [0.25, 0.3) is 0 Å². The van der Waals surface area contributed by atoms with Gasteiger partial charge in [-0.2, -0.15) is 0 Å². The Morgan fingerprint density at radius 1 is 1.14 bits per heavy atom. The molecule has 3 rings (SSSR count). The molecule has 4 heteroatoms. The molecule has 2 aliphatic rings. The average molecular weight is 306 g/mol. The third-order valence-electron chi connectivity index (χ3n) is 4.80. The molecule has 2 atom stereocenters. The van der Waals surface area contributed by atoms with Crippen molar-refractivity contribution in [3.8, 4) is 0 Å². The number of amides is 1. The van der Waals surface area contributed by atoms with Gasteiger partial charge in [-0.3, -0.25) is 9.59 Å². The minimum Gasteiger partial charge on any atom is -0.352 e. The van der Waals surface area contributed by atoms with Crippen LogP contribution in [0.1, 0.15) is 37.7 Å². The monoisotopic (exact) mass is 305 g/mol. The summed E-state index contributed by atoms with van der Waals surface area (Å²) in [4.78, 5) is 24.4. The van der Waals surface area contributed by atoms with Crippen molar-refractivity contribution in [3.05, 3.63) is 34.9 Å². The second-order valence-electron chi connectivity index (χ2n) is 6.24. The van der Waals surface area contributed by atoms with E-state index in [9.17, 15) is 9.59 Å². The number of rotatable bonds is 3. The number of fused-ring (bicyclic) bond motifs is 2. The minimum absolute atomic E-state index is 0.00491. The van der Waals surface area contributed by atoms with E-state index in [1.165, 1.54) is 0 Å². The second kappa shape index (κ2) is 6.18. The highest BCUT2D eigenvalue weighted by molar-refractivity contribution is 6.30. The highest BCUT2D eigenvalue weighted by Crippen LogP contribution is 2.40. The standard InChI is InChI=1S/C17H20ClNO2/c18-15-6-4-11(5-7-15)10-19-17(21)14-8-12-2-1-3-13(9-14)16(12)20/h4-7,12-14H,1-3,8-10H2,(H,19,21). The molecule has 2 aliphatic carbocycles. The molecule has 2 bridgehead atoms. The van der Waals surface area contributed by atoms with Crippen LogP contribution in [0.2, 0.25) is 5.02 Å². The molecule has 2 unspecified atom stereocenters. The largest absolute Gasteiger partial charge is 0.352 e. The number of nitrogens with one attached hydrogen (secondary N) is 1. The van der Waals surface area contributed by atoms with E-state index in [-0.39, 0.29) is 23.7 Å². The van der Waals surface area contributed by atoms with Crippen LogP contribution in [0, 0.1) is 17.8 Å². The Kier molecular flexibility index (Phi) is 4.29. The predicted molar refractivity (Wildman–Crippen MR) is 81.9 cm³/mol. The maximum Gasteiger partial charge on any atom is 0.223 e. The lowest BCUT2D eigenvalue weighted by atomic mass is 9.67. The van der Waals surface area contributed by atoms with E-state index in [4.69, 9.17) is 11.6 Å². The van der Waals surface area contributed by atoms with Crippen molar-refractivity contribution >= 4 is 23.3 Å². The number of ketones is 1. The lowest BCUT2D eigenvalue weighted by molar-refractivity contribution is -0.137. The Bertz CT molecular complexity index is 524. The quantitative estimate of drug-likeness (QED) is 0.931. The van der Waals surface area contributed by atoms with Gasteiger partial charge in [-0.1, -0.05) is 30.2 Å². The van der Waals surface area contributed by atoms with Crippen molar-refractivity contribution in [2.75, 3.05) is 0 Å². The molecule has 0 heterocycles. The number of halogens is 1. The maximum absolute atomic E-state index is 12.3. The van der Waals surface area contributed by atoms with E-state index in [0.29, 0.717) is 17.4 Å². The fourth-order valence-electron chi connectivity index (χ4n) is 3.63.